The van der Waals surface area contributed by atoms with E-state index in [4.69, 9.17) is 5.73 Å². The third-order valence-corrected chi connectivity index (χ3v) is 2.94. The van der Waals surface area contributed by atoms with Gasteiger partial charge in [-0.15, -0.1) is 0 Å². The number of nitrogens with two attached hydrogens (primary N) is 1. The maximum Gasteiger partial charge on any atom is 0.127 e. The molecular weight excluding hydrogens is 195 g/mol. The second kappa shape index (κ2) is 3.70. The Morgan fingerprint density at radius 3 is 2.60 bits per heavy atom. The molecule has 0 aromatic heterocycles. The second-order valence-electron chi connectivity index (χ2n) is 4.19. The van der Waals surface area contributed by atoms with Gasteiger partial charge in [0.25, 0.3) is 0 Å². The highest BCUT2D eigenvalue weighted by Crippen LogP contribution is 2.35. The van der Waals surface area contributed by atoms with Crippen LogP contribution >= 0.6 is 0 Å². The fourth-order valence-corrected chi connectivity index (χ4v) is 1.92. The van der Waals surface area contributed by atoms with Crippen molar-refractivity contribution in [2.45, 2.75) is 24.8 Å². The molecule has 1 aromatic carbocycles. The molecule has 3 nitrogen and oxygen atoms in total. The number of nitrogens with one attached hydrogen (secondary N) is 1. The quantitative estimate of drug-likeness (QED) is 0.666. The van der Waals surface area contributed by atoms with Crippen LogP contribution in [-0.2, 0) is 0 Å². The van der Waals surface area contributed by atoms with Crippen molar-refractivity contribution in [2.75, 3.05) is 17.7 Å². The Kier molecular flexibility index (Phi) is 2.52. The lowest BCUT2D eigenvalue weighted by atomic mass is 9.77. The molecule has 4 heteroatoms. The van der Waals surface area contributed by atoms with Crippen LogP contribution in [0.4, 0.5) is 15.8 Å². The smallest absolute Gasteiger partial charge is 0.127 e. The summed E-state index contributed by atoms with van der Waals surface area (Å²) < 4.78 is 13.0. The highest BCUT2D eigenvalue weighted by molar-refractivity contribution is 5.56. The number of aliphatic hydroxyl groups is 1. The number of benzene rings is 1. The van der Waals surface area contributed by atoms with Gasteiger partial charge in [0.05, 0.1) is 12.1 Å². The standard InChI is InChI=1S/C11H15FN2O/c12-8-4-9(13)6-10(5-8)14-11(7-15)2-1-3-11/h4-6,14-15H,1-3,7,13H2. The highest BCUT2D eigenvalue weighted by Gasteiger charge is 2.36. The molecule has 0 amide bonds. The van der Waals surface area contributed by atoms with Crippen LogP contribution < -0.4 is 11.1 Å². The number of aliphatic hydroxyl groups excluding tert-OH is 1. The molecular formula is C11H15FN2O. The molecule has 0 bridgehead atoms. The molecule has 0 aliphatic heterocycles. The van der Waals surface area contributed by atoms with Gasteiger partial charge in [-0.25, -0.2) is 4.39 Å². The predicted molar refractivity (Wildman–Crippen MR) is 58.1 cm³/mol. The van der Waals surface area contributed by atoms with Crippen molar-refractivity contribution >= 4 is 11.4 Å². The van der Waals surface area contributed by atoms with Crippen LogP contribution in [0.1, 0.15) is 19.3 Å². The van der Waals surface area contributed by atoms with Crippen LogP contribution in [0.15, 0.2) is 18.2 Å². The van der Waals surface area contributed by atoms with Gasteiger partial charge in [0.2, 0.25) is 0 Å². The summed E-state index contributed by atoms with van der Waals surface area (Å²) in [5.41, 5.74) is 6.31. The monoisotopic (exact) mass is 210 g/mol. The molecule has 1 aliphatic carbocycles. The average molecular weight is 210 g/mol. The molecule has 0 unspecified atom stereocenters. The molecule has 1 saturated carbocycles. The minimum absolute atomic E-state index is 0.0728. The molecule has 2 rings (SSSR count). The third-order valence-electron chi connectivity index (χ3n) is 2.94. The van der Waals surface area contributed by atoms with Crippen molar-refractivity contribution in [1.29, 1.82) is 0 Å². The molecule has 0 spiro atoms. The Bertz CT molecular complexity index is 338. The molecule has 1 fully saturated rings. The normalized spacial score (nSPS) is 18.3. The number of rotatable bonds is 3. The lowest BCUT2D eigenvalue weighted by Gasteiger charge is -2.41. The minimum atomic E-state index is -0.357. The maximum absolute atomic E-state index is 13.0. The Labute approximate surface area is 88.1 Å². The summed E-state index contributed by atoms with van der Waals surface area (Å²) in [6.45, 7) is 0.0728. The first-order valence-corrected chi connectivity index (χ1v) is 5.09. The number of hydrogen-bond donors (Lipinski definition) is 3. The van der Waals surface area contributed by atoms with E-state index >= 15 is 0 Å². The first kappa shape index (κ1) is 10.2. The Hall–Kier alpha value is -1.29. The van der Waals surface area contributed by atoms with E-state index in [0.717, 1.165) is 19.3 Å². The van der Waals surface area contributed by atoms with E-state index in [1.54, 1.807) is 6.07 Å². The molecule has 1 aromatic rings. The van der Waals surface area contributed by atoms with Gasteiger partial charge in [0.15, 0.2) is 0 Å². The summed E-state index contributed by atoms with van der Waals surface area (Å²) >= 11 is 0. The molecule has 0 radical (unpaired) electrons. The van der Waals surface area contributed by atoms with Crippen molar-refractivity contribution in [3.8, 4) is 0 Å². The molecule has 0 heterocycles. The lowest BCUT2D eigenvalue weighted by molar-refractivity contribution is 0.144. The van der Waals surface area contributed by atoms with Crippen LogP contribution in [0.2, 0.25) is 0 Å². The van der Waals surface area contributed by atoms with Gasteiger partial charge in [-0.3, -0.25) is 0 Å². The second-order valence-corrected chi connectivity index (χ2v) is 4.19. The summed E-state index contributed by atoms with van der Waals surface area (Å²) in [5.74, 6) is -0.357. The van der Waals surface area contributed by atoms with Gasteiger partial charge in [-0.2, -0.15) is 0 Å². The van der Waals surface area contributed by atoms with E-state index in [9.17, 15) is 9.50 Å². The molecule has 1 aliphatic rings. The van der Waals surface area contributed by atoms with Crippen molar-refractivity contribution in [3.05, 3.63) is 24.0 Å². The molecule has 0 saturated heterocycles. The van der Waals surface area contributed by atoms with E-state index in [0.29, 0.717) is 11.4 Å². The molecule has 15 heavy (non-hydrogen) atoms. The molecule has 4 N–H and O–H groups in total. The largest absolute Gasteiger partial charge is 0.399 e. The average Bonchev–Trinajstić information content (AvgIpc) is 2.10. The van der Waals surface area contributed by atoms with Crippen LogP contribution in [0.25, 0.3) is 0 Å². The fraction of sp³-hybridized carbons (Fsp3) is 0.455. The zero-order valence-corrected chi connectivity index (χ0v) is 8.46. The topological polar surface area (TPSA) is 58.3 Å². The first-order valence-electron chi connectivity index (χ1n) is 5.09. The van der Waals surface area contributed by atoms with Gasteiger partial charge in [0.1, 0.15) is 5.82 Å². The minimum Gasteiger partial charge on any atom is -0.399 e. The summed E-state index contributed by atoms with van der Waals surface area (Å²) in [5, 5.41) is 12.4. The van der Waals surface area contributed by atoms with E-state index in [1.807, 2.05) is 0 Å². The SMILES string of the molecule is Nc1cc(F)cc(NC2(CO)CCC2)c1. The van der Waals surface area contributed by atoms with Gasteiger partial charge >= 0.3 is 0 Å². The summed E-state index contributed by atoms with van der Waals surface area (Å²) in [6.07, 6.45) is 2.93. The van der Waals surface area contributed by atoms with Crippen molar-refractivity contribution in [2.24, 2.45) is 0 Å². The Balaban J connectivity index is 2.16. The third kappa shape index (κ3) is 2.04. The Morgan fingerprint density at radius 2 is 2.13 bits per heavy atom. The zero-order valence-electron chi connectivity index (χ0n) is 8.46. The van der Waals surface area contributed by atoms with Crippen LogP contribution in [0.5, 0.6) is 0 Å². The number of hydrogen-bond acceptors (Lipinski definition) is 3. The number of halogens is 1. The maximum atomic E-state index is 13.0. The van der Waals surface area contributed by atoms with Crippen molar-refractivity contribution in [1.82, 2.24) is 0 Å². The fourth-order valence-electron chi connectivity index (χ4n) is 1.92. The summed E-state index contributed by atoms with van der Waals surface area (Å²) in [6, 6.07) is 4.35. The van der Waals surface area contributed by atoms with Crippen LogP contribution in [0.3, 0.4) is 0 Å². The number of nitrogen functional groups attached to an aromatic ring is 1. The van der Waals surface area contributed by atoms with Crippen LogP contribution in [-0.4, -0.2) is 17.3 Å². The highest BCUT2D eigenvalue weighted by atomic mass is 19.1. The van der Waals surface area contributed by atoms with Gasteiger partial charge in [0, 0.05) is 11.4 Å². The van der Waals surface area contributed by atoms with E-state index < -0.39 is 0 Å². The van der Waals surface area contributed by atoms with Crippen molar-refractivity contribution in [3.63, 3.8) is 0 Å². The number of anilines is 2. The van der Waals surface area contributed by atoms with E-state index in [-0.39, 0.29) is 18.0 Å². The summed E-state index contributed by atoms with van der Waals surface area (Å²) in [4.78, 5) is 0. The van der Waals surface area contributed by atoms with Gasteiger partial charge in [-0.05, 0) is 37.5 Å². The zero-order chi connectivity index (χ0) is 10.9. The van der Waals surface area contributed by atoms with Crippen molar-refractivity contribution < 1.29 is 9.50 Å². The van der Waals surface area contributed by atoms with Gasteiger partial charge in [-0.1, -0.05) is 0 Å². The van der Waals surface area contributed by atoms with E-state index in [1.165, 1.54) is 12.1 Å². The molecule has 82 valence electrons. The Morgan fingerprint density at radius 1 is 1.40 bits per heavy atom. The summed E-state index contributed by atoms with van der Waals surface area (Å²) in [7, 11) is 0. The molecule has 0 atom stereocenters. The van der Waals surface area contributed by atoms with E-state index in [2.05, 4.69) is 5.32 Å². The lowest BCUT2D eigenvalue weighted by Crippen LogP contribution is -2.48. The van der Waals surface area contributed by atoms with Crippen LogP contribution in [0, 0.1) is 5.82 Å². The predicted octanol–water partition coefficient (Wildman–Crippen LogP) is 1.73. The van der Waals surface area contributed by atoms with Gasteiger partial charge < -0.3 is 16.2 Å². The first-order chi connectivity index (χ1) is 7.13.